The zero-order valence-electron chi connectivity index (χ0n) is 16.4. The molecule has 0 aliphatic carbocycles. The summed E-state index contributed by atoms with van der Waals surface area (Å²) in [5.41, 5.74) is 4.77. The lowest BCUT2D eigenvalue weighted by molar-refractivity contribution is 0.340. The summed E-state index contributed by atoms with van der Waals surface area (Å²) in [5.74, 6) is 1.35. The van der Waals surface area contributed by atoms with Crippen LogP contribution in [0.4, 0.5) is 0 Å². The maximum atomic E-state index is 6.52. The van der Waals surface area contributed by atoms with Gasteiger partial charge in [-0.1, -0.05) is 40.9 Å². The van der Waals surface area contributed by atoms with Crippen molar-refractivity contribution in [2.45, 2.75) is 13.3 Å². The van der Waals surface area contributed by atoms with Crippen LogP contribution in [0.2, 0.25) is 15.2 Å². The summed E-state index contributed by atoms with van der Waals surface area (Å²) >= 11 is 18.8. The quantitative estimate of drug-likeness (QED) is 0.308. The smallest absolute Gasteiger partial charge is 0.179 e. The highest BCUT2D eigenvalue weighted by atomic mass is 35.5. The molecule has 0 saturated carbocycles. The van der Waals surface area contributed by atoms with Crippen LogP contribution in [0.15, 0.2) is 48.7 Å². The number of nitrogens with one attached hydrogen (secondary N) is 1. The van der Waals surface area contributed by atoms with E-state index in [2.05, 4.69) is 15.0 Å². The van der Waals surface area contributed by atoms with E-state index in [1.807, 2.05) is 47.9 Å². The second-order valence-corrected chi connectivity index (χ2v) is 8.13. The highest BCUT2D eigenvalue weighted by Gasteiger charge is 2.15. The number of benzene rings is 1. The number of hydrogen-bond donors (Lipinski definition) is 1. The van der Waals surface area contributed by atoms with Crippen molar-refractivity contribution in [2.24, 2.45) is 0 Å². The average molecular weight is 473 g/mol. The summed E-state index contributed by atoms with van der Waals surface area (Å²) < 4.78 is 7.64. The highest BCUT2D eigenvalue weighted by molar-refractivity contribution is 6.37. The molecule has 5 rings (SSSR count). The lowest BCUT2D eigenvalue weighted by atomic mass is 10.1. The maximum absolute atomic E-state index is 6.52. The molecule has 0 spiro atoms. The second kappa shape index (κ2) is 8.04. The van der Waals surface area contributed by atoms with Gasteiger partial charge in [0.05, 0.1) is 33.6 Å². The number of aromatic nitrogens is 5. The summed E-state index contributed by atoms with van der Waals surface area (Å²) in [6.45, 7) is 2.42. The molecule has 5 aromatic rings. The van der Waals surface area contributed by atoms with Gasteiger partial charge in [0.1, 0.15) is 22.4 Å². The van der Waals surface area contributed by atoms with Crippen LogP contribution in [-0.2, 0) is 6.42 Å². The first-order valence-electron chi connectivity index (χ1n) is 9.62. The number of H-pyrrole nitrogens is 1. The largest absolute Gasteiger partial charge is 0.492 e. The number of aromatic amines is 1. The van der Waals surface area contributed by atoms with E-state index >= 15 is 0 Å². The molecule has 31 heavy (non-hydrogen) atoms. The SMILES string of the molecule is CCOc1cc(-c2cccc3nc(Cc4nc5nc(Cl)ccc5[nH]4)cn23)c(Cl)cc1Cl. The zero-order chi connectivity index (χ0) is 21.5. The molecule has 6 nitrogen and oxygen atoms in total. The van der Waals surface area contributed by atoms with Crippen LogP contribution in [-0.4, -0.2) is 30.9 Å². The van der Waals surface area contributed by atoms with Crippen LogP contribution < -0.4 is 4.74 Å². The van der Waals surface area contributed by atoms with Crippen molar-refractivity contribution in [2.75, 3.05) is 6.61 Å². The fourth-order valence-electron chi connectivity index (χ4n) is 3.53. The van der Waals surface area contributed by atoms with Gasteiger partial charge in [-0.25, -0.2) is 15.0 Å². The van der Waals surface area contributed by atoms with Crippen molar-refractivity contribution in [3.8, 4) is 17.0 Å². The molecule has 0 radical (unpaired) electrons. The maximum Gasteiger partial charge on any atom is 0.179 e. The average Bonchev–Trinajstić information content (AvgIpc) is 3.32. The molecular weight excluding hydrogens is 457 g/mol. The Morgan fingerprint density at radius 2 is 1.87 bits per heavy atom. The molecule has 9 heteroatoms. The Bertz CT molecular complexity index is 1430. The van der Waals surface area contributed by atoms with Crippen LogP contribution in [0, 0.1) is 0 Å². The topological polar surface area (TPSA) is 68.1 Å². The molecule has 0 saturated heterocycles. The first-order chi connectivity index (χ1) is 15.0. The molecular formula is C22H16Cl3N5O. The van der Waals surface area contributed by atoms with Gasteiger partial charge in [0.25, 0.3) is 0 Å². The molecule has 4 heterocycles. The van der Waals surface area contributed by atoms with Crippen molar-refractivity contribution in [1.29, 1.82) is 0 Å². The predicted molar refractivity (Wildman–Crippen MR) is 124 cm³/mol. The van der Waals surface area contributed by atoms with E-state index in [1.54, 1.807) is 12.1 Å². The van der Waals surface area contributed by atoms with Gasteiger partial charge < -0.3 is 9.72 Å². The van der Waals surface area contributed by atoms with Gasteiger partial charge in [-0.05, 0) is 43.3 Å². The minimum Gasteiger partial charge on any atom is -0.492 e. The van der Waals surface area contributed by atoms with Gasteiger partial charge in [-0.2, -0.15) is 0 Å². The van der Waals surface area contributed by atoms with Gasteiger partial charge in [0.15, 0.2) is 5.65 Å². The summed E-state index contributed by atoms with van der Waals surface area (Å²) in [6, 6.07) is 13.0. The number of halogens is 3. The lowest BCUT2D eigenvalue weighted by Crippen LogP contribution is -1.96. The molecule has 1 aromatic carbocycles. The molecule has 0 unspecified atom stereocenters. The fourth-order valence-corrected chi connectivity index (χ4v) is 4.21. The third-order valence-electron chi connectivity index (χ3n) is 4.85. The summed E-state index contributed by atoms with van der Waals surface area (Å²) in [5, 5.41) is 1.43. The normalized spacial score (nSPS) is 11.5. The molecule has 0 bridgehead atoms. The van der Waals surface area contributed by atoms with Crippen LogP contribution in [0.1, 0.15) is 18.4 Å². The van der Waals surface area contributed by atoms with Crippen LogP contribution in [0.5, 0.6) is 5.75 Å². The standard InChI is InChI=1S/C22H16Cl3N5O/c1-2-31-18-9-13(14(23)10-15(18)24)17-4-3-5-21-26-12(11-30(17)21)8-20-27-16-6-7-19(25)28-22(16)29-20/h3-7,9-11H,2,8H2,1H3,(H,27,28,29). The van der Waals surface area contributed by atoms with Gasteiger partial charge in [-0.3, -0.25) is 4.40 Å². The van der Waals surface area contributed by atoms with E-state index in [-0.39, 0.29) is 0 Å². The lowest BCUT2D eigenvalue weighted by Gasteiger charge is -2.12. The van der Waals surface area contributed by atoms with Crippen LogP contribution >= 0.6 is 34.8 Å². The molecule has 0 amide bonds. The number of pyridine rings is 2. The van der Waals surface area contributed by atoms with E-state index < -0.39 is 0 Å². The monoisotopic (exact) mass is 471 g/mol. The van der Waals surface area contributed by atoms with Crippen molar-refractivity contribution >= 4 is 51.6 Å². The Morgan fingerprint density at radius 1 is 1.00 bits per heavy atom. The third kappa shape index (κ3) is 3.82. The first-order valence-corrected chi connectivity index (χ1v) is 10.8. The fraction of sp³-hybridized carbons (Fsp3) is 0.136. The third-order valence-corrected chi connectivity index (χ3v) is 5.67. The number of ether oxygens (including phenoxy) is 1. The number of hydrogen-bond acceptors (Lipinski definition) is 4. The van der Waals surface area contributed by atoms with E-state index in [0.717, 1.165) is 33.9 Å². The van der Waals surface area contributed by atoms with Gasteiger partial charge in [-0.15, -0.1) is 0 Å². The summed E-state index contributed by atoms with van der Waals surface area (Å²) in [7, 11) is 0. The van der Waals surface area contributed by atoms with Gasteiger partial charge in [0.2, 0.25) is 0 Å². The zero-order valence-corrected chi connectivity index (χ0v) is 18.6. The second-order valence-electron chi connectivity index (χ2n) is 6.93. The Kier molecular flexibility index (Phi) is 5.22. The summed E-state index contributed by atoms with van der Waals surface area (Å²) in [6.07, 6.45) is 2.50. The molecule has 0 fully saturated rings. The van der Waals surface area contributed by atoms with Crippen molar-refractivity contribution in [3.63, 3.8) is 0 Å². The van der Waals surface area contributed by atoms with Crippen molar-refractivity contribution in [1.82, 2.24) is 24.3 Å². The Balaban J connectivity index is 1.55. The van der Waals surface area contributed by atoms with Crippen LogP contribution in [0.25, 0.3) is 28.1 Å². The van der Waals surface area contributed by atoms with E-state index in [0.29, 0.717) is 39.6 Å². The molecule has 4 aromatic heterocycles. The minimum absolute atomic E-state index is 0.411. The summed E-state index contributed by atoms with van der Waals surface area (Å²) in [4.78, 5) is 16.8. The minimum atomic E-state index is 0.411. The number of rotatable bonds is 5. The Labute approximate surface area is 192 Å². The molecule has 0 aliphatic rings. The Morgan fingerprint density at radius 3 is 2.71 bits per heavy atom. The molecule has 1 N–H and O–H groups in total. The number of imidazole rings is 2. The predicted octanol–water partition coefficient (Wildman–Crippen LogP) is 6.22. The molecule has 0 aliphatic heterocycles. The van der Waals surface area contributed by atoms with E-state index in [4.69, 9.17) is 44.5 Å². The molecule has 0 atom stereocenters. The number of fused-ring (bicyclic) bond motifs is 2. The number of nitrogens with zero attached hydrogens (tertiary/aromatic N) is 4. The highest BCUT2D eigenvalue weighted by Crippen LogP contribution is 2.37. The van der Waals surface area contributed by atoms with Gasteiger partial charge >= 0.3 is 0 Å². The van der Waals surface area contributed by atoms with Gasteiger partial charge in [0, 0.05) is 18.2 Å². The van der Waals surface area contributed by atoms with E-state index in [1.165, 1.54) is 0 Å². The van der Waals surface area contributed by atoms with Crippen molar-refractivity contribution < 1.29 is 4.74 Å². The van der Waals surface area contributed by atoms with Crippen molar-refractivity contribution in [3.05, 3.63) is 75.4 Å². The molecule has 156 valence electrons. The Hall–Kier alpha value is -2.80. The van der Waals surface area contributed by atoms with E-state index in [9.17, 15) is 0 Å². The first kappa shape index (κ1) is 20.1. The van der Waals surface area contributed by atoms with Crippen LogP contribution in [0.3, 0.4) is 0 Å².